The Hall–Kier alpha value is -2.22. The molecule has 0 spiro atoms. The van der Waals surface area contributed by atoms with Crippen molar-refractivity contribution in [3.8, 4) is 6.07 Å². The van der Waals surface area contributed by atoms with Crippen LogP contribution in [0.5, 0.6) is 0 Å². The average molecular weight is 284 g/mol. The number of halogens is 1. The zero-order chi connectivity index (χ0) is 15.1. The zero-order valence-corrected chi connectivity index (χ0v) is 11.9. The molecule has 2 aromatic carbocycles. The molecule has 0 fully saturated rings. The first-order chi connectivity index (χ1) is 10.2. The monoisotopic (exact) mass is 284 g/mol. The van der Waals surface area contributed by atoms with Crippen LogP contribution < -0.4 is 5.32 Å². The Balaban J connectivity index is 1.96. The Morgan fingerprint density at radius 1 is 1.14 bits per heavy atom. The third-order valence-electron chi connectivity index (χ3n) is 3.15. The molecule has 0 aliphatic carbocycles. The lowest BCUT2D eigenvalue weighted by molar-refractivity contribution is 0.185. The van der Waals surface area contributed by atoms with Crippen molar-refractivity contribution in [2.45, 2.75) is 19.7 Å². The number of nitriles is 1. The van der Waals surface area contributed by atoms with Crippen molar-refractivity contribution in [1.82, 2.24) is 5.32 Å². The molecule has 4 heteroatoms. The molecule has 0 saturated carbocycles. The maximum absolute atomic E-state index is 13.9. The molecule has 0 atom stereocenters. The normalized spacial score (nSPS) is 10.3. The van der Waals surface area contributed by atoms with E-state index in [-0.39, 0.29) is 5.56 Å². The van der Waals surface area contributed by atoms with E-state index in [4.69, 9.17) is 10.00 Å². The Bertz CT molecular complexity index is 649. The van der Waals surface area contributed by atoms with Gasteiger partial charge in [-0.25, -0.2) is 4.39 Å². The fourth-order valence-electron chi connectivity index (χ4n) is 2.14. The highest BCUT2D eigenvalue weighted by Gasteiger charge is 2.06. The van der Waals surface area contributed by atoms with Gasteiger partial charge in [0.25, 0.3) is 0 Å². The van der Waals surface area contributed by atoms with E-state index in [1.807, 2.05) is 24.3 Å². The smallest absolute Gasteiger partial charge is 0.145 e. The van der Waals surface area contributed by atoms with Crippen molar-refractivity contribution in [3.63, 3.8) is 0 Å². The van der Waals surface area contributed by atoms with E-state index in [9.17, 15) is 4.39 Å². The minimum absolute atomic E-state index is 0.0800. The quantitative estimate of drug-likeness (QED) is 0.886. The van der Waals surface area contributed by atoms with Crippen molar-refractivity contribution in [2.75, 3.05) is 7.11 Å². The van der Waals surface area contributed by atoms with Gasteiger partial charge < -0.3 is 10.1 Å². The highest BCUT2D eigenvalue weighted by Crippen LogP contribution is 2.12. The first-order valence-electron chi connectivity index (χ1n) is 6.69. The minimum atomic E-state index is -0.444. The van der Waals surface area contributed by atoms with Crippen molar-refractivity contribution in [2.24, 2.45) is 0 Å². The molecular weight excluding hydrogens is 267 g/mol. The highest BCUT2D eigenvalue weighted by atomic mass is 19.1. The number of methoxy groups -OCH3 is 1. The van der Waals surface area contributed by atoms with Gasteiger partial charge in [0, 0.05) is 25.8 Å². The number of benzene rings is 2. The standard InChI is InChI=1S/C17H17FN2O/c1-21-12-14-5-2-4-13(8-14)10-20-11-16-7-3-6-15(9-19)17(16)18/h2-8,20H,10-12H2,1H3. The van der Waals surface area contributed by atoms with Gasteiger partial charge in [-0.1, -0.05) is 36.4 Å². The van der Waals surface area contributed by atoms with Crippen molar-refractivity contribution < 1.29 is 9.13 Å². The Morgan fingerprint density at radius 2 is 1.90 bits per heavy atom. The first kappa shape index (κ1) is 15.2. The van der Waals surface area contributed by atoms with Gasteiger partial charge in [-0.3, -0.25) is 0 Å². The molecule has 2 rings (SSSR count). The summed E-state index contributed by atoms with van der Waals surface area (Å²) in [6, 6.07) is 14.7. The fraction of sp³-hybridized carbons (Fsp3) is 0.235. The van der Waals surface area contributed by atoms with Gasteiger partial charge in [0.2, 0.25) is 0 Å². The molecule has 0 unspecified atom stereocenters. The van der Waals surface area contributed by atoms with Crippen molar-refractivity contribution >= 4 is 0 Å². The summed E-state index contributed by atoms with van der Waals surface area (Å²) in [5.41, 5.74) is 2.80. The second-order valence-corrected chi connectivity index (χ2v) is 4.75. The van der Waals surface area contributed by atoms with Crippen LogP contribution in [0.4, 0.5) is 4.39 Å². The van der Waals surface area contributed by atoms with Gasteiger partial charge in [0.15, 0.2) is 0 Å². The predicted octanol–water partition coefficient (Wildman–Crippen LogP) is 3.13. The second-order valence-electron chi connectivity index (χ2n) is 4.75. The fourth-order valence-corrected chi connectivity index (χ4v) is 2.14. The number of nitrogens with one attached hydrogen (secondary N) is 1. The summed E-state index contributed by atoms with van der Waals surface area (Å²) < 4.78 is 19.0. The molecule has 0 aliphatic heterocycles. The van der Waals surface area contributed by atoms with E-state index in [2.05, 4.69) is 11.4 Å². The molecule has 0 aliphatic rings. The van der Waals surface area contributed by atoms with Crippen LogP contribution in [0.3, 0.4) is 0 Å². The summed E-state index contributed by atoms with van der Waals surface area (Å²) in [4.78, 5) is 0. The maximum atomic E-state index is 13.9. The predicted molar refractivity (Wildman–Crippen MR) is 78.8 cm³/mol. The lowest BCUT2D eigenvalue weighted by Crippen LogP contribution is -2.14. The Kier molecular flexibility index (Phi) is 5.44. The topological polar surface area (TPSA) is 45.0 Å². The van der Waals surface area contributed by atoms with Crippen LogP contribution in [0.25, 0.3) is 0 Å². The summed E-state index contributed by atoms with van der Waals surface area (Å²) in [7, 11) is 1.66. The van der Waals surface area contributed by atoms with Gasteiger partial charge in [0.1, 0.15) is 11.9 Å². The van der Waals surface area contributed by atoms with Gasteiger partial charge in [-0.15, -0.1) is 0 Å². The zero-order valence-electron chi connectivity index (χ0n) is 11.9. The number of ether oxygens (including phenoxy) is 1. The summed E-state index contributed by atoms with van der Waals surface area (Å²) in [6.07, 6.45) is 0. The van der Waals surface area contributed by atoms with E-state index >= 15 is 0 Å². The minimum Gasteiger partial charge on any atom is -0.380 e. The number of rotatable bonds is 6. The van der Waals surface area contributed by atoms with E-state index < -0.39 is 5.82 Å². The van der Waals surface area contributed by atoms with E-state index in [0.29, 0.717) is 25.3 Å². The maximum Gasteiger partial charge on any atom is 0.145 e. The van der Waals surface area contributed by atoms with Gasteiger partial charge in [-0.2, -0.15) is 5.26 Å². The van der Waals surface area contributed by atoms with Crippen LogP contribution >= 0.6 is 0 Å². The van der Waals surface area contributed by atoms with Crippen LogP contribution in [-0.2, 0) is 24.4 Å². The molecule has 0 saturated heterocycles. The van der Waals surface area contributed by atoms with Crippen LogP contribution in [0.2, 0.25) is 0 Å². The highest BCUT2D eigenvalue weighted by molar-refractivity contribution is 5.35. The lowest BCUT2D eigenvalue weighted by atomic mass is 10.1. The third-order valence-corrected chi connectivity index (χ3v) is 3.15. The van der Waals surface area contributed by atoms with Gasteiger partial charge >= 0.3 is 0 Å². The van der Waals surface area contributed by atoms with Crippen LogP contribution in [0, 0.1) is 17.1 Å². The van der Waals surface area contributed by atoms with Gasteiger partial charge in [0.05, 0.1) is 12.2 Å². The first-order valence-corrected chi connectivity index (χ1v) is 6.69. The summed E-state index contributed by atoms with van der Waals surface area (Å²) in [5.74, 6) is -0.444. The van der Waals surface area contributed by atoms with Crippen LogP contribution in [0.15, 0.2) is 42.5 Å². The number of hydrogen-bond acceptors (Lipinski definition) is 3. The lowest BCUT2D eigenvalue weighted by Gasteiger charge is -2.08. The summed E-state index contributed by atoms with van der Waals surface area (Å²) in [5, 5.41) is 12.0. The van der Waals surface area contributed by atoms with E-state index in [1.54, 1.807) is 19.2 Å². The molecule has 0 amide bonds. The third kappa shape index (κ3) is 4.12. The van der Waals surface area contributed by atoms with E-state index in [1.165, 1.54) is 6.07 Å². The Labute approximate surface area is 124 Å². The molecule has 2 aromatic rings. The molecule has 21 heavy (non-hydrogen) atoms. The van der Waals surface area contributed by atoms with Crippen molar-refractivity contribution in [1.29, 1.82) is 5.26 Å². The average Bonchev–Trinajstić information content (AvgIpc) is 2.50. The molecule has 0 bridgehead atoms. The molecule has 0 radical (unpaired) electrons. The Morgan fingerprint density at radius 3 is 2.67 bits per heavy atom. The number of nitrogens with zero attached hydrogens (tertiary/aromatic N) is 1. The molecule has 108 valence electrons. The summed E-state index contributed by atoms with van der Waals surface area (Å²) in [6.45, 7) is 1.59. The molecule has 0 heterocycles. The number of hydrogen-bond donors (Lipinski definition) is 1. The largest absolute Gasteiger partial charge is 0.380 e. The summed E-state index contributed by atoms with van der Waals surface area (Å²) >= 11 is 0. The van der Waals surface area contributed by atoms with Gasteiger partial charge in [-0.05, 0) is 17.2 Å². The SMILES string of the molecule is COCc1cccc(CNCc2cccc(C#N)c2F)c1. The van der Waals surface area contributed by atoms with Crippen molar-refractivity contribution in [3.05, 3.63) is 70.5 Å². The molecule has 1 N–H and O–H groups in total. The molecule has 3 nitrogen and oxygen atoms in total. The second kappa shape index (κ2) is 7.53. The molecular formula is C17H17FN2O. The van der Waals surface area contributed by atoms with Crippen LogP contribution in [0.1, 0.15) is 22.3 Å². The van der Waals surface area contributed by atoms with Crippen LogP contribution in [-0.4, -0.2) is 7.11 Å². The van der Waals surface area contributed by atoms with E-state index in [0.717, 1.165) is 11.1 Å². The molecule has 0 aromatic heterocycles.